The average Bonchev–Trinajstić information content (AvgIpc) is 3.52. The Balaban J connectivity index is 1.36. The molecular formula is C26H37N3O3. The Morgan fingerprint density at radius 1 is 1.09 bits per heavy atom. The van der Waals surface area contributed by atoms with E-state index in [1.807, 2.05) is 24.3 Å². The third-order valence-corrected chi connectivity index (χ3v) is 6.77. The largest absolute Gasteiger partial charge is 0.497 e. The Kier molecular flexibility index (Phi) is 8.24. The maximum atomic E-state index is 12.5. The molecule has 2 aliphatic rings. The van der Waals surface area contributed by atoms with Crippen molar-refractivity contribution in [2.45, 2.75) is 64.1 Å². The molecule has 4 rings (SSSR count). The molecule has 0 unspecified atom stereocenters. The highest BCUT2D eigenvalue weighted by Gasteiger charge is 2.23. The van der Waals surface area contributed by atoms with Crippen LogP contribution in [-0.2, 0) is 13.1 Å². The lowest BCUT2D eigenvalue weighted by atomic mass is 9.93. The predicted molar refractivity (Wildman–Crippen MR) is 126 cm³/mol. The van der Waals surface area contributed by atoms with Crippen molar-refractivity contribution in [2.24, 2.45) is 0 Å². The molecule has 1 aliphatic heterocycles. The Morgan fingerprint density at radius 3 is 2.69 bits per heavy atom. The Hall–Kier alpha value is -2.31. The maximum absolute atomic E-state index is 12.5. The second kappa shape index (κ2) is 11.5. The average molecular weight is 440 g/mol. The highest BCUT2D eigenvalue weighted by atomic mass is 16.5. The molecule has 1 saturated heterocycles. The first-order valence-corrected chi connectivity index (χ1v) is 12.2. The summed E-state index contributed by atoms with van der Waals surface area (Å²) in [5, 5.41) is 3.01. The normalized spacial score (nSPS) is 17.7. The van der Waals surface area contributed by atoms with Gasteiger partial charge in [0.05, 0.1) is 13.7 Å². The van der Waals surface area contributed by atoms with Gasteiger partial charge in [-0.15, -0.1) is 0 Å². The third-order valence-electron chi connectivity index (χ3n) is 6.77. The fourth-order valence-electron chi connectivity index (χ4n) is 4.97. The molecule has 2 fully saturated rings. The number of hydrogen-bond donors (Lipinski definition) is 1. The van der Waals surface area contributed by atoms with Gasteiger partial charge in [0.2, 0.25) is 0 Å². The van der Waals surface area contributed by atoms with Crippen LogP contribution in [0.25, 0.3) is 0 Å². The van der Waals surface area contributed by atoms with E-state index in [4.69, 9.17) is 9.15 Å². The van der Waals surface area contributed by atoms with Crippen LogP contribution >= 0.6 is 0 Å². The minimum absolute atomic E-state index is 0.118. The smallest absolute Gasteiger partial charge is 0.287 e. The summed E-state index contributed by atoms with van der Waals surface area (Å²) in [6.07, 6.45) is 8.85. The van der Waals surface area contributed by atoms with Gasteiger partial charge >= 0.3 is 0 Å². The first kappa shape index (κ1) is 22.9. The molecule has 6 nitrogen and oxygen atoms in total. The quantitative estimate of drug-likeness (QED) is 0.593. The van der Waals surface area contributed by atoms with Crippen LogP contribution in [-0.4, -0.2) is 55.0 Å². The molecule has 2 aromatic rings. The predicted octanol–water partition coefficient (Wildman–Crippen LogP) is 4.45. The highest BCUT2D eigenvalue weighted by Crippen LogP contribution is 2.27. The number of nitrogens with zero attached hydrogens (tertiary/aromatic N) is 2. The number of likely N-dealkylation sites (tertiary alicyclic amines) is 1. The van der Waals surface area contributed by atoms with Gasteiger partial charge in [0.15, 0.2) is 5.76 Å². The van der Waals surface area contributed by atoms with Crippen molar-refractivity contribution < 1.29 is 13.9 Å². The SMILES string of the molecule is COc1cccc(CN(Cc2ccc(C(=O)NCCN3CCCC3)o2)C2CCCCC2)c1. The molecular weight excluding hydrogens is 402 g/mol. The molecule has 6 heteroatoms. The molecule has 0 atom stereocenters. The number of benzene rings is 1. The lowest BCUT2D eigenvalue weighted by molar-refractivity contribution is 0.0912. The van der Waals surface area contributed by atoms with E-state index in [1.165, 1.54) is 50.5 Å². The Labute approximate surface area is 191 Å². The summed E-state index contributed by atoms with van der Waals surface area (Å²) in [5.41, 5.74) is 1.24. The van der Waals surface area contributed by atoms with Gasteiger partial charge in [-0.25, -0.2) is 0 Å². The molecule has 1 aromatic heterocycles. The Morgan fingerprint density at radius 2 is 1.91 bits per heavy atom. The number of carbonyl (C=O) groups is 1. The molecule has 1 amide bonds. The second-order valence-corrected chi connectivity index (χ2v) is 9.12. The van der Waals surface area contributed by atoms with Crippen LogP contribution in [0.5, 0.6) is 5.75 Å². The van der Waals surface area contributed by atoms with Crippen LogP contribution in [0.3, 0.4) is 0 Å². The molecule has 0 bridgehead atoms. The van der Waals surface area contributed by atoms with Gasteiger partial charge in [0, 0.05) is 25.7 Å². The summed E-state index contributed by atoms with van der Waals surface area (Å²) in [6.45, 7) is 5.42. The first-order chi connectivity index (χ1) is 15.7. The number of rotatable bonds is 10. The van der Waals surface area contributed by atoms with Gasteiger partial charge < -0.3 is 19.4 Å². The third kappa shape index (κ3) is 6.36. The van der Waals surface area contributed by atoms with Gasteiger partial charge in [0.1, 0.15) is 11.5 Å². The number of methoxy groups -OCH3 is 1. The summed E-state index contributed by atoms with van der Waals surface area (Å²) >= 11 is 0. The maximum Gasteiger partial charge on any atom is 0.287 e. The Bertz CT molecular complexity index is 854. The standard InChI is InChI=1S/C26H37N3O3/c1-31-23-11-7-8-21(18-23)19-29(22-9-3-2-4-10-22)20-24-12-13-25(32-24)26(30)27-14-17-28-15-5-6-16-28/h7-8,11-13,18,22H,2-6,9-10,14-17,19-20H2,1H3,(H,27,30). The number of furan rings is 1. The zero-order valence-electron chi connectivity index (χ0n) is 19.4. The molecule has 32 heavy (non-hydrogen) atoms. The van der Waals surface area contributed by atoms with Crippen molar-refractivity contribution in [1.82, 2.24) is 15.1 Å². The van der Waals surface area contributed by atoms with E-state index in [1.54, 1.807) is 7.11 Å². The molecule has 174 valence electrons. The van der Waals surface area contributed by atoms with Gasteiger partial charge in [-0.05, 0) is 68.6 Å². The van der Waals surface area contributed by atoms with E-state index < -0.39 is 0 Å². The minimum atomic E-state index is -0.118. The van der Waals surface area contributed by atoms with Crippen LogP contribution in [0.1, 0.15) is 66.8 Å². The van der Waals surface area contributed by atoms with Crippen molar-refractivity contribution in [1.29, 1.82) is 0 Å². The molecule has 1 N–H and O–H groups in total. The number of ether oxygens (including phenoxy) is 1. The van der Waals surface area contributed by atoms with Crippen LogP contribution in [0, 0.1) is 0 Å². The van der Waals surface area contributed by atoms with Crippen molar-refractivity contribution in [3.63, 3.8) is 0 Å². The zero-order valence-corrected chi connectivity index (χ0v) is 19.4. The molecule has 1 saturated carbocycles. The van der Waals surface area contributed by atoms with Gasteiger partial charge in [-0.2, -0.15) is 0 Å². The molecule has 0 radical (unpaired) electrons. The summed E-state index contributed by atoms with van der Waals surface area (Å²) in [5.74, 6) is 2.03. The summed E-state index contributed by atoms with van der Waals surface area (Å²) in [7, 11) is 1.71. The van der Waals surface area contributed by atoms with Crippen molar-refractivity contribution >= 4 is 5.91 Å². The van der Waals surface area contributed by atoms with E-state index in [2.05, 4.69) is 27.2 Å². The summed E-state index contributed by atoms with van der Waals surface area (Å²) in [4.78, 5) is 17.4. The fraction of sp³-hybridized carbons (Fsp3) is 0.577. The van der Waals surface area contributed by atoms with E-state index in [0.717, 1.165) is 37.7 Å². The lowest BCUT2D eigenvalue weighted by Crippen LogP contribution is -2.35. The minimum Gasteiger partial charge on any atom is -0.497 e. The van der Waals surface area contributed by atoms with Gasteiger partial charge in [-0.1, -0.05) is 31.4 Å². The van der Waals surface area contributed by atoms with Crippen molar-refractivity contribution in [3.8, 4) is 5.75 Å². The van der Waals surface area contributed by atoms with Crippen LogP contribution in [0.4, 0.5) is 0 Å². The number of carbonyl (C=O) groups excluding carboxylic acids is 1. The number of hydrogen-bond acceptors (Lipinski definition) is 5. The topological polar surface area (TPSA) is 58.0 Å². The summed E-state index contributed by atoms with van der Waals surface area (Å²) < 4.78 is 11.4. The molecule has 1 aromatic carbocycles. The van der Waals surface area contributed by atoms with E-state index in [9.17, 15) is 4.79 Å². The van der Waals surface area contributed by atoms with Crippen LogP contribution in [0.15, 0.2) is 40.8 Å². The zero-order chi connectivity index (χ0) is 22.2. The van der Waals surface area contributed by atoms with Crippen molar-refractivity contribution in [2.75, 3.05) is 33.3 Å². The van der Waals surface area contributed by atoms with E-state index >= 15 is 0 Å². The molecule has 0 spiro atoms. The second-order valence-electron chi connectivity index (χ2n) is 9.12. The lowest BCUT2D eigenvalue weighted by Gasteiger charge is -2.34. The highest BCUT2D eigenvalue weighted by molar-refractivity contribution is 5.91. The molecule has 2 heterocycles. The summed E-state index contributed by atoms with van der Waals surface area (Å²) in [6, 6.07) is 12.6. The van der Waals surface area contributed by atoms with Crippen molar-refractivity contribution in [3.05, 3.63) is 53.5 Å². The van der Waals surface area contributed by atoms with Gasteiger partial charge in [-0.3, -0.25) is 9.69 Å². The van der Waals surface area contributed by atoms with E-state index in [-0.39, 0.29) is 5.91 Å². The van der Waals surface area contributed by atoms with E-state index in [0.29, 0.717) is 24.9 Å². The first-order valence-electron chi connectivity index (χ1n) is 12.2. The monoisotopic (exact) mass is 439 g/mol. The van der Waals surface area contributed by atoms with Crippen LogP contribution < -0.4 is 10.1 Å². The van der Waals surface area contributed by atoms with Gasteiger partial charge in [0.25, 0.3) is 5.91 Å². The molecule has 1 aliphatic carbocycles. The number of amides is 1. The number of nitrogens with one attached hydrogen (secondary N) is 1. The van der Waals surface area contributed by atoms with Crippen LogP contribution in [0.2, 0.25) is 0 Å². The fourth-order valence-corrected chi connectivity index (χ4v) is 4.97.